The molecule has 2 saturated carbocycles. The topological polar surface area (TPSA) is 102 Å². The second-order valence-electron chi connectivity index (χ2n) is 9.34. The van der Waals surface area contributed by atoms with Gasteiger partial charge in [0.15, 0.2) is 0 Å². The maximum atomic E-state index is 12.7. The Balaban J connectivity index is 1.30. The van der Waals surface area contributed by atoms with Crippen molar-refractivity contribution in [2.24, 2.45) is 23.7 Å². The first-order valence-corrected chi connectivity index (χ1v) is 10.3. The van der Waals surface area contributed by atoms with Crippen molar-refractivity contribution in [3.8, 4) is 0 Å². The number of ether oxygens (including phenoxy) is 1. The molecule has 0 aromatic heterocycles. The van der Waals surface area contributed by atoms with Crippen LogP contribution in [-0.2, 0) is 14.4 Å². The van der Waals surface area contributed by atoms with Crippen molar-refractivity contribution >= 4 is 23.9 Å². The summed E-state index contributed by atoms with van der Waals surface area (Å²) in [5, 5.41) is 3.40. The van der Waals surface area contributed by atoms with Gasteiger partial charge in [0.1, 0.15) is 5.60 Å². The quantitative estimate of drug-likeness (QED) is 0.760. The van der Waals surface area contributed by atoms with Crippen LogP contribution in [-0.4, -0.2) is 41.1 Å². The smallest absolute Gasteiger partial charge is 0.407 e. The Labute approximate surface area is 174 Å². The standard InChI is InChI=1S/C22H26N2O6/c1-22(2,3)29-21(28)23-11-14-9-13-8-12(14)10-17(13)20(27)30-24-18(25)15-6-4-5-7-16(15)19(24)26/h4-7,12-14,17H,8-11H2,1-3H3,(H,23,28). The molecule has 1 aliphatic heterocycles. The van der Waals surface area contributed by atoms with E-state index in [4.69, 9.17) is 9.57 Å². The summed E-state index contributed by atoms with van der Waals surface area (Å²) in [6.07, 6.45) is 1.87. The van der Waals surface area contributed by atoms with Gasteiger partial charge in [0.05, 0.1) is 17.0 Å². The Morgan fingerprint density at radius 1 is 1.03 bits per heavy atom. The molecule has 2 aliphatic carbocycles. The van der Waals surface area contributed by atoms with Gasteiger partial charge in [0.25, 0.3) is 11.8 Å². The van der Waals surface area contributed by atoms with Crippen molar-refractivity contribution in [3.63, 3.8) is 0 Å². The van der Waals surface area contributed by atoms with Gasteiger partial charge >= 0.3 is 12.1 Å². The maximum Gasteiger partial charge on any atom is 0.407 e. The molecule has 160 valence electrons. The first kappa shape index (κ1) is 20.4. The fourth-order valence-electron chi connectivity index (χ4n) is 4.87. The summed E-state index contributed by atoms with van der Waals surface area (Å²) in [5.41, 5.74) is -0.0504. The van der Waals surface area contributed by atoms with Crippen molar-refractivity contribution in [1.29, 1.82) is 0 Å². The van der Waals surface area contributed by atoms with Gasteiger partial charge in [-0.05, 0) is 69.9 Å². The molecule has 8 heteroatoms. The van der Waals surface area contributed by atoms with Gasteiger partial charge in [-0.25, -0.2) is 9.59 Å². The van der Waals surface area contributed by atoms with E-state index >= 15 is 0 Å². The Hall–Kier alpha value is -2.90. The number of hydroxylamine groups is 2. The number of nitrogens with one attached hydrogen (secondary N) is 1. The normalized spacial score (nSPS) is 27.2. The Morgan fingerprint density at radius 2 is 1.67 bits per heavy atom. The third-order valence-corrected chi connectivity index (χ3v) is 6.15. The van der Waals surface area contributed by atoms with Gasteiger partial charge in [-0.2, -0.15) is 0 Å². The highest BCUT2D eigenvalue weighted by Crippen LogP contribution is 2.52. The number of hydrogen-bond acceptors (Lipinski definition) is 6. The molecule has 30 heavy (non-hydrogen) atoms. The molecular formula is C22H26N2O6. The average Bonchev–Trinajstić information content (AvgIpc) is 3.34. The van der Waals surface area contributed by atoms with E-state index in [2.05, 4.69) is 5.32 Å². The average molecular weight is 414 g/mol. The summed E-state index contributed by atoms with van der Waals surface area (Å²) in [7, 11) is 0. The van der Waals surface area contributed by atoms with Crippen LogP contribution in [0.25, 0.3) is 0 Å². The SMILES string of the molecule is CC(C)(C)OC(=O)NCC1CC2CC1CC2C(=O)ON1C(=O)c2ccccc2C1=O. The third kappa shape index (κ3) is 3.78. The fraction of sp³-hybridized carbons (Fsp3) is 0.545. The van der Waals surface area contributed by atoms with Gasteiger partial charge in [-0.1, -0.05) is 17.2 Å². The number of alkyl carbamates (subject to hydrolysis) is 1. The third-order valence-electron chi connectivity index (χ3n) is 6.15. The number of amides is 3. The van der Waals surface area contributed by atoms with Crippen molar-refractivity contribution in [2.75, 3.05) is 6.54 Å². The summed E-state index contributed by atoms with van der Waals surface area (Å²) in [6.45, 7) is 5.95. The molecular weight excluding hydrogens is 388 g/mol. The number of imide groups is 1. The molecule has 1 aromatic carbocycles. The number of rotatable bonds is 4. The summed E-state index contributed by atoms with van der Waals surface area (Å²) in [5.74, 6) is -1.37. The van der Waals surface area contributed by atoms with E-state index in [0.717, 1.165) is 12.8 Å². The Kier molecular flexibility index (Phi) is 5.03. The van der Waals surface area contributed by atoms with Gasteiger partial charge < -0.3 is 14.9 Å². The van der Waals surface area contributed by atoms with Crippen molar-refractivity contribution in [2.45, 2.75) is 45.6 Å². The van der Waals surface area contributed by atoms with Crippen molar-refractivity contribution < 1.29 is 28.8 Å². The second-order valence-corrected chi connectivity index (χ2v) is 9.34. The molecule has 4 unspecified atom stereocenters. The zero-order valence-electron chi connectivity index (χ0n) is 17.3. The van der Waals surface area contributed by atoms with E-state index in [-0.39, 0.29) is 28.9 Å². The Bertz CT molecular complexity index is 870. The lowest BCUT2D eigenvalue weighted by atomic mass is 9.82. The van der Waals surface area contributed by atoms with Crippen molar-refractivity contribution in [1.82, 2.24) is 10.4 Å². The predicted molar refractivity (Wildman–Crippen MR) is 105 cm³/mol. The molecule has 1 aromatic rings. The van der Waals surface area contributed by atoms with Crippen LogP contribution in [0.15, 0.2) is 24.3 Å². The summed E-state index contributed by atoms with van der Waals surface area (Å²) in [6, 6.07) is 6.42. The van der Waals surface area contributed by atoms with Crippen LogP contribution in [0.2, 0.25) is 0 Å². The summed E-state index contributed by atoms with van der Waals surface area (Å²) >= 11 is 0. The molecule has 4 rings (SSSR count). The second kappa shape index (κ2) is 7.41. The first-order chi connectivity index (χ1) is 14.1. The van der Waals surface area contributed by atoms with E-state index in [1.54, 1.807) is 24.3 Å². The maximum absolute atomic E-state index is 12.7. The van der Waals surface area contributed by atoms with Crippen LogP contribution in [0, 0.1) is 23.7 Å². The predicted octanol–water partition coefficient (Wildman–Crippen LogP) is 2.93. The molecule has 4 atom stereocenters. The molecule has 8 nitrogen and oxygen atoms in total. The molecule has 0 saturated heterocycles. The van der Waals surface area contributed by atoms with Gasteiger partial charge in [-0.3, -0.25) is 9.59 Å². The number of nitrogens with zero attached hydrogens (tertiary/aromatic N) is 1. The lowest BCUT2D eigenvalue weighted by molar-refractivity contribution is -0.175. The number of carbonyl (C=O) groups is 4. The largest absolute Gasteiger partial charge is 0.444 e. The monoisotopic (exact) mass is 414 g/mol. The zero-order valence-corrected chi connectivity index (χ0v) is 17.3. The van der Waals surface area contributed by atoms with Crippen LogP contribution in [0.1, 0.15) is 60.7 Å². The van der Waals surface area contributed by atoms with E-state index in [1.807, 2.05) is 20.8 Å². The van der Waals surface area contributed by atoms with E-state index in [9.17, 15) is 19.2 Å². The van der Waals surface area contributed by atoms with E-state index in [0.29, 0.717) is 23.9 Å². The van der Waals surface area contributed by atoms with Crippen LogP contribution in [0.3, 0.4) is 0 Å². The van der Waals surface area contributed by atoms with Crippen molar-refractivity contribution in [3.05, 3.63) is 35.4 Å². The summed E-state index contributed by atoms with van der Waals surface area (Å²) < 4.78 is 5.26. The minimum Gasteiger partial charge on any atom is -0.444 e. The van der Waals surface area contributed by atoms with Gasteiger partial charge in [0.2, 0.25) is 0 Å². The first-order valence-electron chi connectivity index (χ1n) is 10.3. The molecule has 3 aliphatic rings. The molecule has 3 amide bonds. The highest BCUT2D eigenvalue weighted by molar-refractivity contribution is 6.20. The molecule has 2 bridgehead atoms. The van der Waals surface area contributed by atoms with E-state index in [1.165, 1.54) is 0 Å². The van der Waals surface area contributed by atoms with Gasteiger partial charge in [0, 0.05) is 6.54 Å². The minimum atomic E-state index is -0.605. The molecule has 0 radical (unpaired) electrons. The van der Waals surface area contributed by atoms with Crippen LogP contribution in [0.4, 0.5) is 4.79 Å². The molecule has 2 fully saturated rings. The Morgan fingerprint density at radius 3 is 2.20 bits per heavy atom. The fourth-order valence-corrected chi connectivity index (χ4v) is 4.87. The highest BCUT2D eigenvalue weighted by Gasteiger charge is 2.50. The van der Waals surface area contributed by atoms with Crippen LogP contribution >= 0.6 is 0 Å². The number of carbonyl (C=O) groups excluding carboxylic acids is 4. The number of hydrogen-bond donors (Lipinski definition) is 1. The minimum absolute atomic E-state index is 0.128. The number of fused-ring (bicyclic) bond motifs is 3. The number of benzene rings is 1. The molecule has 1 heterocycles. The molecule has 1 N–H and O–H groups in total. The van der Waals surface area contributed by atoms with Crippen LogP contribution < -0.4 is 5.32 Å². The summed E-state index contributed by atoms with van der Waals surface area (Å²) in [4.78, 5) is 54.6. The molecule has 0 spiro atoms. The van der Waals surface area contributed by atoms with Gasteiger partial charge in [-0.15, -0.1) is 0 Å². The zero-order chi connectivity index (χ0) is 21.6. The highest BCUT2D eigenvalue weighted by atomic mass is 16.7. The lowest BCUT2D eigenvalue weighted by Gasteiger charge is -2.28. The lowest BCUT2D eigenvalue weighted by Crippen LogP contribution is -2.39. The van der Waals surface area contributed by atoms with Crippen LogP contribution in [0.5, 0.6) is 0 Å². The van der Waals surface area contributed by atoms with E-state index < -0.39 is 29.5 Å².